The van der Waals surface area contributed by atoms with Gasteiger partial charge in [0.15, 0.2) is 0 Å². The van der Waals surface area contributed by atoms with Crippen molar-refractivity contribution in [1.29, 1.82) is 0 Å². The molecule has 0 radical (unpaired) electrons. The Kier molecular flexibility index (Phi) is 3.12. The minimum absolute atomic E-state index is 0.102. The summed E-state index contributed by atoms with van der Waals surface area (Å²) in [4.78, 5) is 4.16. The maximum absolute atomic E-state index is 6.00. The number of ether oxygens (including phenoxy) is 1. The lowest BCUT2D eigenvalue weighted by molar-refractivity contribution is 0.185. The largest absolute Gasteiger partial charge is 0.379 e. The molecule has 0 aliphatic carbocycles. The lowest BCUT2D eigenvalue weighted by atomic mass is 10.0. The minimum atomic E-state index is -0.102. The lowest BCUT2D eigenvalue weighted by Gasteiger charge is -2.27. The van der Waals surface area contributed by atoms with Crippen molar-refractivity contribution in [1.82, 2.24) is 4.98 Å². The number of rotatable bonds is 3. The predicted octanol–water partition coefficient (Wildman–Crippen LogP) is 2.20. The van der Waals surface area contributed by atoms with E-state index in [1.165, 1.54) is 0 Å². The van der Waals surface area contributed by atoms with E-state index < -0.39 is 0 Å². The summed E-state index contributed by atoms with van der Waals surface area (Å²) in [7, 11) is 0. The van der Waals surface area contributed by atoms with Gasteiger partial charge in [0.25, 0.3) is 0 Å². The van der Waals surface area contributed by atoms with Crippen LogP contribution in [0.25, 0.3) is 0 Å². The fourth-order valence-electron chi connectivity index (χ4n) is 1.77. The van der Waals surface area contributed by atoms with Gasteiger partial charge in [0.05, 0.1) is 12.1 Å². The highest BCUT2D eigenvalue weighted by Crippen LogP contribution is 2.25. The molecule has 1 saturated heterocycles. The Morgan fingerprint density at radius 1 is 1.67 bits per heavy atom. The van der Waals surface area contributed by atoms with Gasteiger partial charge in [-0.2, -0.15) is 0 Å². The van der Waals surface area contributed by atoms with Crippen molar-refractivity contribution < 1.29 is 4.74 Å². The Bertz CT molecular complexity index is 337. The molecule has 1 unspecified atom stereocenters. The summed E-state index contributed by atoms with van der Waals surface area (Å²) >= 11 is 6.00. The first kappa shape index (κ1) is 10.7. The van der Waals surface area contributed by atoms with Crippen molar-refractivity contribution in [2.75, 3.05) is 24.4 Å². The molecule has 4 heteroatoms. The highest BCUT2D eigenvalue weighted by molar-refractivity contribution is 6.18. The van der Waals surface area contributed by atoms with Gasteiger partial charge >= 0.3 is 0 Å². The van der Waals surface area contributed by atoms with Crippen LogP contribution in [0.2, 0.25) is 0 Å². The summed E-state index contributed by atoms with van der Waals surface area (Å²) < 4.78 is 5.39. The van der Waals surface area contributed by atoms with E-state index in [4.69, 9.17) is 16.3 Å². The molecular weight excluding hydrogens is 212 g/mol. The molecule has 0 saturated carbocycles. The quantitative estimate of drug-likeness (QED) is 0.803. The predicted molar refractivity (Wildman–Crippen MR) is 61.5 cm³/mol. The summed E-state index contributed by atoms with van der Waals surface area (Å²) in [5.74, 6) is 0.564. The molecule has 82 valence electrons. The van der Waals surface area contributed by atoms with Gasteiger partial charge in [0, 0.05) is 30.1 Å². The van der Waals surface area contributed by atoms with E-state index in [-0.39, 0.29) is 5.54 Å². The van der Waals surface area contributed by atoms with E-state index in [1.54, 1.807) is 6.20 Å². The Labute approximate surface area is 94.8 Å². The molecule has 1 N–H and O–H groups in total. The van der Waals surface area contributed by atoms with Crippen molar-refractivity contribution in [2.24, 2.45) is 0 Å². The Balaban J connectivity index is 2.12. The third-order valence-electron chi connectivity index (χ3n) is 2.67. The zero-order valence-corrected chi connectivity index (χ0v) is 9.55. The van der Waals surface area contributed by atoms with Crippen LogP contribution in [0.3, 0.4) is 0 Å². The second-order valence-electron chi connectivity index (χ2n) is 4.03. The van der Waals surface area contributed by atoms with Gasteiger partial charge in [-0.1, -0.05) is 0 Å². The summed E-state index contributed by atoms with van der Waals surface area (Å²) in [5, 5.41) is 3.45. The van der Waals surface area contributed by atoms with E-state index in [9.17, 15) is 0 Å². The van der Waals surface area contributed by atoms with E-state index in [0.29, 0.717) is 12.5 Å². The van der Waals surface area contributed by atoms with Crippen LogP contribution in [0.5, 0.6) is 0 Å². The van der Waals surface area contributed by atoms with Crippen molar-refractivity contribution in [3.8, 4) is 0 Å². The number of halogens is 1. The molecule has 1 aromatic rings. The molecule has 1 atom stereocenters. The van der Waals surface area contributed by atoms with Crippen LogP contribution in [-0.2, 0) is 4.74 Å². The molecule has 1 fully saturated rings. The van der Waals surface area contributed by atoms with Crippen LogP contribution >= 0.6 is 11.6 Å². The number of nitrogens with one attached hydrogen (secondary N) is 1. The lowest BCUT2D eigenvalue weighted by Crippen LogP contribution is -2.40. The number of hydrogen-bond acceptors (Lipinski definition) is 3. The second-order valence-corrected chi connectivity index (χ2v) is 4.29. The maximum atomic E-state index is 6.00. The highest BCUT2D eigenvalue weighted by Gasteiger charge is 2.33. The van der Waals surface area contributed by atoms with Crippen LogP contribution in [0.4, 0.5) is 5.69 Å². The van der Waals surface area contributed by atoms with Crippen molar-refractivity contribution in [3.63, 3.8) is 0 Å². The number of anilines is 1. The van der Waals surface area contributed by atoms with Gasteiger partial charge in [-0.3, -0.25) is 4.98 Å². The number of pyridine rings is 1. The van der Waals surface area contributed by atoms with Gasteiger partial charge in [0.1, 0.15) is 0 Å². The third-order valence-corrected chi connectivity index (χ3v) is 3.18. The Morgan fingerprint density at radius 3 is 3.13 bits per heavy atom. The molecule has 1 aliphatic heterocycles. The fraction of sp³-hybridized carbons (Fsp3) is 0.545. The maximum Gasteiger partial charge on any atom is 0.0763 e. The van der Waals surface area contributed by atoms with E-state index in [2.05, 4.69) is 10.3 Å². The molecule has 0 aromatic carbocycles. The first-order valence-corrected chi connectivity index (χ1v) is 5.62. The molecule has 2 heterocycles. The van der Waals surface area contributed by atoms with Gasteiger partial charge in [-0.05, 0) is 25.5 Å². The highest BCUT2D eigenvalue weighted by atomic mass is 35.5. The van der Waals surface area contributed by atoms with Crippen LogP contribution in [0, 0.1) is 6.92 Å². The zero-order valence-electron chi connectivity index (χ0n) is 8.79. The van der Waals surface area contributed by atoms with Gasteiger partial charge < -0.3 is 10.1 Å². The van der Waals surface area contributed by atoms with Crippen LogP contribution in [-0.4, -0.2) is 29.6 Å². The normalized spacial score (nSPS) is 25.5. The molecule has 3 nitrogen and oxygen atoms in total. The standard InChI is InChI=1S/C11H15ClN2O/c1-9-6-10(2-4-13-9)14-11(7-12)3-5-15-8-11/h2,4,6H,3,5,7-8H2,1H3,(H,13,14). The smallest absolute Gasteiger partial charge is 0.0763 e. The summed E-state index contributed by atoms with van der Waals surface area (Å²) in [6, 6.07) is 3.98. The zero-order chi connectivity index (χ0) is 10.7. The molecule has 15 heavy (non-hydrogen) atoms. The second kappa shape index (κ2) is 4.37. The van der Waals surface area contributed by atoms with Crippen molar-refractivity contribution in [2.45, 2.75) is 18.9 Å². The minimum Gasteiger partial charge on any atom is -0.379 e. The average molecular weight is 227 g/mol. The number of alkyl halides is 1. The van der Waals surface area contributed by atoms with Crippen LogP contribution in [0.15, 0.2) is 18.3 Å². The first-order chi connectivity index (χ1) is 7.24. The molecule has 1 aromatic heterocycles. The van der Waals surface area contributed by atoms with E-state index >= 15 is 0 Å². The van der Waals surface area contributed by atoms with E-state index in [1.807, 2.05) is 19.1 Å². The van der Waals surface area contributed by atoms with Gasteiger partial charge in [-0.25, -0.2) is 0 Å². The van der Waals surface area contributed by atoms with Crippen LogP contribution in [0.1, 0.15) is 12.1 Å². The molecule has 0 bridgehead atoms. The molecular formula is C11H15ClN2O. The molecule has 2 rings (SSSR count). The molecule has 1 aliphatic rings. The van der Waals surface area contributed by atoms with Gasteiger partial charge in [0.2, 0.25) is 0 Å². The topological polar surface area (TPSA) is 34.1 Å². The monoisotopic (exact) mass is 226 g/mol. The number of hydrogen-bond donors (Lipinski definition) is 1. The summed E-state index contributed by atoms with van der Waals surface area (Å²) in [6.45, 7) is 3.44. The third kappa shape index (κ3) is 2.41. The molecule has 0 amide bonds. The SMILES string of the molecule is Cc1cc(NC2(CCl)CCOC2)ccn1. The Morgan fingerprint density at radius 2 is 2.53 bits per heavy atom. The van der Waals surface area contributed by atoms with Crippen LogP contribution < -0.4 is 5.32 Å². The number of nitrogens with zero attached hydrogens (tertiary/aromatic N) is 1. The molecule has 0 spiro atoms. The fourth-order valence-corrected chi connectivity index (χ4v) is 2.05. The first-order valence-electron chi connectivity index (χ1n) is 5.09. The van der Waals surface area contributed by atoms with Crippen molar-refractivity contribution in [3.05, 3.63) is 24.0 Å². The van der Waals surface area contributed by atoms with Gasteiger partial charge in [-0.15, -0.1) is 11.6 Å². The number of aryl methyl sites for hydroxylation is 1. The average Bonchev–Trinajstić information content (AvgIpc) is 2.67. The van der Waals surface area contributed by atoms with Crippen molar-refractivity contribution >= 4 is 17.3 Å². The van der Waals surface area contributed by atoms with E-state index in [0.717, 1.165) is 24.4 Å². The summed E-state index contributed by atoms with van der Waals surface area (Å²) in [6.07, 6.45) is 2.76. The number of aromatic nitrogens is 1. The Hall–Kier alpha value is -0.800. The summed E-state index contributed by atoms with van der Waals surface area (Å²) in [5.41, 5.74) is 1.97.